The van der Waals surface area contributed by atoms with Crippen molar-refractivity contribution in [2.24, 2.45) is 10.9 Å². The Kier molecular flexibility index (Phi) is 11.8. The molecule has 1 heterocycles. The summed E-state index contributed by atoms with van der Waals surface area (Å²) in [4.78, 5) is 18.3. The molecule has 0 saturated carbocycles. The number of methoxy groups -OCH3 is 2. The van der Waals surface area contributed by atoms with Crippen molar-refractivity contribution < 1.29 is 14.3 Å². The Bertz CT molecular complexity index is 661. The molecule has 1 amide bonds. The summed E-state index contributed by atoms with van der Waals surface area (Å²) in [5, 5.41) is 6.18. The normalized spacial score (nSPS) is 14.8. The molecule has 29 heavy (non-hydrogen) atoms. The van der Waals surface area contributed by atoms with Crippen LogP contribution in [0.2, 0.25) is 0 Å². The average Bonchev–Trinajstić information content (AvgIpc) is 2.74. The van der Waals surface area contributed by atoms with Crippen LogP contribution in [0.3, 0.4) is 0 Å². The Morgan fingerprint density at radius 3 is 2.48 bits per heavy atom. The number of carbonyl (C=O) groups excluding carboxylic acids is 1. The number of likely N-dealkylation sites (tertiary alicyclic amines) is 1. The van der Waals surface area contributed by atoms with Crippen molar-refractivity contribution in [1.29, 1.82) is 0 Å². The van der Waals surface area contributed by atoms with Gasteiger partial charge in [-0.05, 0) is 49.3 Å². The second kappa shape index (κ2) is 13.5. The summed E-state index contributed by atoms with van der Waals surface area (Å²) in [6.07, 6.45) is 4.64. The van der Waals surface area contributed by atoms with Gasteiger partial charge < -0.3 is 25.0 Å². The number of ether oxygens (including phenoxy) is 2. The fourth-order valence-electron chi connectivity index (χ4n) is 3.57. The lowest BCUT2D eigenvalue weighted by Gasteiger charge is -2.34. The zero-order valence-electron chi connectivity index (χ0n) is 18.0. The average molecular weight is 518 g/mol. The van der Waals surface area contributed by atoms with Crippen LogP contribution >= 0.6 is 24.0 Å². The predicted molar refractivity (Wildman–Crippen MR) is 128 cm³/mol. The first-order valence-corrected chi connectivity index (χ1v) is 9.98. The molecule has 1 fully saturated rings. The van der Waals surface area contributed by atoms with E-state index in [-0.39, 0.29) is 29.9 Å². The van der Waals surface area contributed by atoms with Gasteiger partial charge in [-0.25, -0.2) is 0 Å². The number of aryl methyl sites for hydroxylation is 1. The minimum absolute atomic E-state index is 0. The number of hydrogen-bond donors (Lipinski definition) is 2. The van der Waals surface area contributed by atoms with Crippen LogP contribution in [-0.2, 0) is 11.2 Å². The van der Waals surface area contributed by atoms with Crippen molar-refractivity contribution in [3.05, 3.63) is 23.8 Å². The van der Waals surface area contributed by atoms with E-state index in [4.69, 9.17) is 9.47 Å². The Hall–Kier alpha value is -1.71. The number of nitrogens with zero attached hydrogens (tertiary/aromatic N) is 2. The van der Waals surface area contributed by atoms with Crippen molar-refractivity contribution in [2.45, 2.75) is 32.1 Å². The first-order valence-electron chi connectivity index (χ1n) is 9.98. The molecule has 1 aromatic carbocycles. The number of amides is 1. The van der Waals surface area contributed by atoms with Crippen LogP contribution in [0.1, 0.15) is 31.2 Å². The maximum atomic E-state index is 11.5. The van der Waals surface area contributed by atoms with Gasteiger partial charge in [-0.3, -0.25) is 9.79 Å². The minimum Gasteiger partial charge on any atom is -0.493 e. The van der Waals surface area contributed by atoms with E-state index in [1.54, 1.807) is 21.3 Å². The lowest BCUT2D eigenvalue weighted by atomic mass is 9.93. The highest BCUT2D eigenvalue weighted by Crippen LogP contribution is 2.28. The van der Waals surface area contributed by atoms with Crippen LogP contribution in [0.4, 0.5) is 0 Å². The maximum absolute atomic E-state index is 11.5. The molecule has 0 atom stereocenters. The van der Waals surface area contributed by atoms with E-state index >= 15 is 0 Å². The number of halogens is 1. The quantitative estimate of drug-likeness (QED) is 0.240. The number of rotatable bonds is 8. The van der Waals surface area contributed by atoms with Crippen molar-refractivity contribution in [3.8, 4) is 11.5 Å². The largest absolute Gasteiger partial charge is 0.493 e. The summed E-state index contributed by atoms with van der Waals surface area (Å²) in [6.45, 7) is 2.74. The third-order valence-electron chi connectivity index (χ3n) is 5.25. The molecular weight excluding hydrogens is 483 g/mol. The molecule has 0 radical (unpaired) electrons. The van der Waals surface area contributed by atoms with Gasteiger partial charge in [0.2, 0.25) is 5.91 Å². The van der Waals surface area contributed by atoms with E-state index in [1.165, 1.54) is 5.56 Å². The Morgan fingerprint density at radius 1 is 1.21 bits per heavy atom. The molecule has 7 nitrogen and oxygen atoms in total. The van der Waals surface area contributed by atoms with Crippen molar-refractivity contribution >= 4 is 35.8 Å². The highest BCUT2D eigenvalue weighted by atomic mass is 127. The van der Waals surface area contributed by atoms with Crippen molar-refractivity contribution in [3.63, 3.8) is 0 Å². The van der Waals surface area contributed by atoms with Gasteiger partial charge in [-0.1, -0.05) is 6.07 Å². The predicted octanol–water partition coefficient (Wildman–Crippen LogP) is 2.68. The number of guanidine groups is 1. The number of hydrogen-bond acceptors (Lipinski definition) is 4. The number of nitrogens with one attached hydrogen (secondary N) is 2. The lowest BCUT2D eigenvalue weighted by molar-refractivity contribution is -0.121. The van der Waals surface area contributed by atoms with Crippen LogP contribution in [0.5, 0.6) is 11.5 Å². The van der Waals surface area contributed by atoms with E-state index in [0.29, 0.717) is 12.3 Å². The summed E-state index contributed by atoms with van der Waals surface area (Å²) >= 11 is 0. The Morgan fingerprint density at radius 2 is 1.90 bits per heavy atom. The molecular formula is C21H35IN4O3. The van der Waals surface area contributed by atoms with Gasteiger partial charge in [0.1, 0.15) is 0 Å². The molecule has 1 aromatic rings. The van der Waals surface area contributed by atoms with E-state index in [1.807, 2.05) is 19.2 Å². The van der Waals surface area contributed by atoms with Gasteiger partial charge in [0.15, 0.2) is 17.5 Å². The third-order valence-corrected chi connectivity index (χ3v) is 5.25. The molecule has 8 heteroatoms. The van der Waals surface area contributed by atoms with E-state index in [0.717, 1.165) is 62.8 Å². The van der Waals surface area contributed by atoms with Gasteiger partial charge >= 0.3 is 0 Å². The van der Waals surface area contributed by atoms with E-state index < -0.39 is 0 Å². The topological polar surface area (TPSA) is 75.2 Å². The molecule has 0 aromatic heterocycles. The summed E-state index contributed by atoms with van der Waals surface area (Å²) in [7, 11) is 6.83. The standard InChI is InChI=1S/C21H34N4O3.HI/c1-22-20(26)15-17-9-12-25(13-10-17)21(23-2)24-11-5-6-16-7-8-18(27-3)19(14-16)28-4;/h7-8,14,17H,5-6,9-13,15H2,1-4H3,(H,22,26)(H,23,24);1H. The number of benzene rings is 1. The minimum atomic E-state index is 0. The number of aliphatic imine (C=N–C) groups is 1. The zero-order valence-corrected chi connectivity index (χ0v) is 20.3. The van der Waals surface area contributed by atoms with Crippen LogP contribution in [0.25, 0.3) is 0 Å². The molecule has 1 aliphatic rings. The zero-order chi connectivity index (χ0) is 20.4. The van der Waals surface area contributed by atoms with Crippen molar-refractivity contribution in [2.75, 3.05) is 47.9 Å². The van der Waals surface area contributed by atoms with Gasteiger partial charge in [0.25, 0.3) is 0 Å². The number of carbonyl (C=O) groups is 1. The summed E-state index contributed by atoms with van der Waals surface area (Å²) in [6, 6.07) is 6.06. The monoisotopic (exact) mass is 518 g/mol. The summed E-state index contributed by atoms with van der Waals surface area (Å²) in [5.41, 5.74) is 1.23. The number of piperidine rings is 1. The lowest BCUT2D eigenvalue weighted by Crippen LogP contribution is -2.46. The highest BCUT2D eigenvalue weighted by molar-refractivity contribution is 14.0. The Balaban J connectivity index is 0.00000420. The molecule has 1 saturated heterocycles. The van der Waals surface area contributed by atoms with Crippen LogP contribution < -0.4 is 20.1 Å². The molecule has 2 rings (SSSR count). The third kappa shape index (κ3) is 7.91. The Labute approximate surface area is 191 Å². The van der Waals surface area contributed by atoms with E-state index in [9.17, 15) is 4.79 Å². The molecule has 1 aliphatic heterocycles. The van der Waals surface area contributed by atoms with Crippen molar-refractivity contribution in [1.82, 2.24) is 15.5 Å². The van der Waals surface area contributed by atoms with E-state index in [2.05, 4.69) is 26.6 Å². The molecule has 0 bridgehead atoms. The second-order valence-electron chi connectivity index (χ2n) is 7.07. The SMILES string of the molecule is CN=C(NCCCc1ccc(OC)c(OC)c1)N1CCC(CC(=O)NC)CC1.I. The molecule has 0 aliphatic carbocycles. The van der Waals surface area contributed by atoms with Gasteiger partial charge in [-0.15, -0.1) is 24.0 Å². The van der Waals surface area contributed by atoms with Crippen LogP contribution in [-0.4, -0.2) is 64.7 Å². The summed E-state index contributed by atoms with van der Waals surface area (Å²) in [5.74, 6) is 3.08. The maximum Gasteiger partial charge on any atom is 0.220 e. The van der Waals surface area contributed by atoms with Gasteiger partial charge in [0, 0.05) is 40.2 Å². The first kappa shape index (κ1) is 25.3. The molecule has 0 unspecified atom stereocenters. The first-order chi connectivity index (χ1) is 13.6. The molecule has 164 valence electrons. The fourth-order valence-corrected chi connectivity index (χ4v) is 3.57. The fraction of sp³-hybridized carbons (Fsp3) is 0.619. The van der Waals surface area contributed by atoms with Crippen LogP contribution in [0, 0.1) is 5.92 Å². The second-order valence-corrected chi connectivity index (χ2v) is 7.07. The molecule has 0 spiro atoms. The van der Waals surface area contributed by atoms with Crippen LogP contribution in [0.15, 0.2) is 23.2 Å². The van der Waals surface area contributed by atoms with Gasteiger partial charge in [-0.2, -0.15) is 0 Å². The summed E-state index contributed by atoms with van der Waals surface area (Å²) < 4.78 is 10.7. The highest BCUT2D eigenvalue weighted by Gasteiger charge is 2.22. The van der Waals surface area contributed by atoms with Gasteiger partial charge in [0.05, 0.1) is 14.2 Å². The molecule has 2 N–H and O–H groups in total. The smallest absolute Gasteiger partial charge is 0.220 e.